The zero-order valence-electron chi connectivity index (χ0n) is 9.83. The van der Waals surface area contributed by atoms with E-state index in [1.54, 1.807) is 0 Å². The van der Waals surface area contributed by atoms with Crippen molar-refractivity contribution in [2.75, 3.05) is 6.61 Å². The molecule has 0 atom stereocenters. The highest BCUT2D eigenvalue weighted by Crippen LogP contribution is 2.52. The Labute approximate surface area is 101 Å². The van der Waals surface area contributed by atoms with Crippen LogP contribution in [0.5, 0.6) is 0 Å². The first-order valence-corrected chi connectivity index (χ1v) is 7.15. The zero-order chi connectivity index (χ0) is 11.2. The molecule has 0 saturated heterocycles. The summed E-state index contributed by atoms with van der Waals surface area (Å²) >= 11 is 1.88. The monoisotopic (exact) mass is 237 g/mol. The summed E-state index contributed by atoms with van der Waals surface area (Å²) < 4.78 is 0. The van der Waals surface area contributed by atoms with E-state index >= 15 is 0 Å². The lowest BCUT2D eigenvalue weighted by Crippen LogP contribution is -2.11. The van der Waals surface area contributed by atoms with Crippen LogP contribution in [0.4, 0.5) is 0 Å². The van der Waals surface area contributed by atoms with Crippen LogP contribution in [-0.4, -0.2) is 16.7 Å². The number of rotatable bonds is 3. The standard InChI is InChI=1S/C13H19NOS/c1-9-11(13(8-15)6-7-13)16-12(14-9)10-4-2-3-5-10/h10,15H,2-8H2,1H3. The Balaban J connectivity index is 1.89. The third kappa shape index (κ3) is 1.61. The van der Waals surface area contributed by atoms with Crippen LogP contribution in [-0.2, 0) is 5.41 Å². The average molecular weight is 237 g/mol. The van der Waals surface area contributed by atoms with Gasteiger partial charge >= 0.3 is 0 Å². The summed E-state index contributed by atoms with van der Waals surface area (Å²) in [5.74, 6) is 0.715. The van der Waals surface area contributed by atoms with Gasteiger partial charge in [0.2, 0.25) is 0 Å². The average Bonchev–Trinajstić information content (AvgIpc) is 2.74. The van der Waals surface area contributed by atoms with Gasteiger partial charge in [-0.2, -0.15) is 0 Å². The highest BCUT2D eigenvalue weighted by Gasteiger charge is 2.46. The number of aromatic nitrogens is 1. The third-order valence-electron chi connectivity index (χ3n) is 4.16. The van der Waals surface area contributed by atoms with Crippen LogP contribution < -0.4 is 0 Å². The first kappa shape index (κ1) is 10.7. The molecule has 0 radical (unpaired) electrons. The van der Waals surface area contributed by atoms with Gasteiger partial charge < -0.3 is 5.11 Å². The van der Waals surface area contributed by atoms with Crippen LogP contribution >= 0.6 is 11.3 Å². The first-order chi connectivity index (χ1) is 7.75. The molecule has 0 amide bonds. The Kier molecular flexibility index (Phi) is 2.55. The van der Waals surface area contributed by atoms with Crippen LogP contribution in [0, 0.1) is 6.92 Å². The second-order valence-corrected chi connectivity index (χ2v) is 6.42. The third-order valence-corrected chi connectivity index (χ3v) is 5.72. The van der Waals surface area contributed by atoms with E-state index < -0.39 is 0 Å². The van der Waals surface area contributed by atoms with Crippen molar-refractivity contribution in [3.8, 4) is 0 Å². The molecule has 2 aliphatic rings. The lowest BCUT2D eigenvalue weighted by molar-refractivity contribution is 0.256. The molecule has 3 heteroatoms. The fraction of sp³-hybridized carbons (Fsp3) is 0.769. The van der Waals surface area contributed by atoms with Crippen molar-refractivity contribution in [3.63, 3.8) is 0 Å². The zero-order valence-corrected chi connectivity index (χ0v) is 10.6. The second-order valence-electron chi connectivity index (χ2n) is 5.39. The van der Waals surface area contributed by atoms with Gasteiger partial charge in [0.25, 0.3) is 0 Å². The van der Waals surface area contributed by atoms with Crippen molar-refractivity contribution in [3.05, 3.63) is 15.6 Å². The van der Waals surface area contributed by atoms with E-state index in [4.69, 9.17) is 4.98 Å². The maximum Gasteiger partial charge on any atom is 0.0962 e. The normalized spacial score (nSPS) is 23.9. The molecule has 2 saturated carbocycles. The lowest BCUT2D eigenvalue weighted by atomic mass is 10.1. The molecule has 88 valence electrons. The number of aliphatic hydroxyl groups excluding tert-OH is 1. The fourth-order valence-electron chi connectivity index (χ4n) is 2.86. The van der Waals surface area contributed by atoms with Crippen molar-refractivity contribution in [2.45, 2.75) is 56.8 Å². The predicted octanol–water partition coefficient (Wildman–Crippen LogP) is 3.13. The summed E-state index contributed by atoms with van der Waals surface area (Å²) in [5.41, 5.74) is 1.29. The molecule has 16 heavy (non-hydrogen) atoms. The number of thiazole rings is 1. The predicted molar refractivity (Wildman–Crippen MR) is 66.1 cm³/mol. The minimum atomic E-state index is 0.110. The van der Waals surface area contributed by atoms with E-state index in [1.807, 2.05) is 11.3 Å². The SMILES string of the molecule is Cc1nc(C2CCCC2)sc1C1(CO)CC1. The minimum absolute atomic E-state index is 0.110. The molecule has 3 rings (SSSR count). The summed E-state index contributed by atoms with van der Waals surface area (Å²) in [7, 11) is 0. The van der Waals surface area contributed by atoms with Crippen molar-refractivity contribution >= 4 is 11.3 Å². The van der Waals surface area contributed by atoms with E-state index in [2.05, 4.69) is 6.92 Å². The molecule has 1 N–H and O–H groups in total. The van der Waals surface area contributed by atoms with E-state index in [0.717, 1.165) is 12.8 Å². The summed E-state index contributed by atoms with van der Waals surface area (Å²) in [6.45, 7) is 2.42. The Morgan fingerprint density at radius 3 is 2.62 bits per heavy atom. The van der Waals surface area contributed by atoms with Gasteiger partial charge in [-0.1, -0.05) is 12.8 Å². The van der Waals surface area contributed by atoms with Gasteiger partial charge in [-0.3, -0.25) is 0 Å². The molecule has 0 unspecified atom stereocenters. The number of nitrogens with zero attached hydrogens (tertiary/aromatic N) is 1. The topological polar surface area (TPSA) is 33.1 Å². The number of aliphatic hydroxyl groups is 1. The highest BCUT2D eigenvalue weighted by molar-refractivity contribution is 7.12. The van der Waals surface area contributed by atoms with Crippen molar-refractivity contribution in [1.29, 1.82) is 0 Å². The molecular formula is C13H19NOS. The Morgan fingerprint density at radius 1 is 1.38 bits per heavy atom. The molecule has 0 aromatic carbocycles. The maximum atomic E-state index is 9.49. The van der Waals surface area contributed by atoms with Crippen molar-refractivity contribution in [1.82, 2.24) is 4.98 Å². The van der Waals surface area contributed by atoms with Crippen LogP contribution in [0.15, 0.2) is 0 Å². The lowest BCUT2D eigenvalue weighted by Gasteiger charge is -2.09. The highest BCUT2D eigenvalue weighted by atomic mass is 32.1. The molecule has 1 aromatic heterocycles. The summed E-state index contributed by atoms with van der Waals surface area (Å²) in [5, 5.41) is 10.8. The van der Waals surface area contributed by atoms with Gasteiger partial charge in [-0.25, -0.2) is 4.98 Å². The van der Waals surface area contributed by atoms with E-state index in [9.17, 15) is 5.11 Å². The summed E-state index contributed by atoms with van der Waals surface area (Å²) in [4.78, 5) is 6.13. The molecule has 2 aliphatic carbocycles. The Morgan fingerprint density at radius 2 is 2.06 bits per heavy atom. The van der Waals surface area contributed by atoms with Crippen LogP contribution in [0.25, 0.3) is 0 Å². The van der Waals surface area contributed by atoms with Crippen molar-refractivity contribution in [2.24, 2.45) is 0 Å². The van der Waals surface area contributed by atoms with Gasteiger partial charge in [0, 0.05) is 16.2 Å². The number of hydrogen-bond acceptors (Lipinski definition) is 3. The van der Waals surface area contributed by atoms with Gasteiger partial charge in [-0.05, 0) is 32.6 Å². The maximum absolute atomic E-state index is 9.49. The van der Waals surface area contributed by atoms with E-state index in [-0.39, 0.29) is 5.41 Å². The molecule has 1 aromatic rings. The fourth-order valence-corrected chi connectivity index (χ4v) is 4.34. The molecule has 0 aliphatic heterocycles. The second kappa shape index (κ2) is 3.81. The molecule has 2 nitrogen and oxygen atoms in total. The van der Waals surface area contributed by atoms with Gasteiger partial charge in [0.1, 0.15) is 0 Å². The Hall–Kier alpha value is -0.410. The van der Waals surface area contributed by atoms with Gasteiger partial charge in [0.15, 0.2) is 0 Å². The molecular weight excluding hydrogens is 218 g/mol. The Bertz CT molecular complexity index is 389. The van der Waals surface area contributed by atoms with E-state index in [1.165, 1.54) is 41.3 Å². The molecule has 0 spiro atoms. The van der Waals surface area contributed by atoms with Crippen LogP contribution in [0.2, 0.25) is 0 Å². The van der Waals surface area contributed by atoms with Crippen LogP contribution in [0.3, 0.4) is 0 Å². The summed E-state index contributed by atoms with van der Waals surface area (Å²) in [6.07, 6.45) is 7.66. The van der Waals surface area contributed by atoms with Gasteiger partial charge in [0.05, 0.1) is 17.3 Å². The quantitative estimate of drug-likeness (QED) is 0.876. The van der Waals surface area contributed by atoms with Gasteiger partial charge in [-0.15, -0.1) is 11.3 Å². The minimum Gasteiger partial charge on any atom is -0.395 e. The van der Waals surface area contributed by atoms with Crippen LogP contribution in [0.1, 0.15) is 60.0 Å². The van der Waals surface area contributed by atoms with E-state index in [0.29, 0.717) is 12.5 Å². The number of hydrogen-bond donors (Lipinski definition) is 1. The largest absolute Gasteiger partial charge is 0.395 e. The first-order valence-electron chi connectivity index (χ1n) is 6.34. The van der Waals surface area contributed by atoms with Crippen molar-refractivity contribution < 1.29 is 5.11 Å². The molecule has 2 fully saturated rings. The molecule has 1 heterocycles. The summed E-state index contributed by atoms with van der Waals surface area (Å²) in [6, 6.07) is 0. The number of aryl methyl sites for hydroxylation is 1. The molecule has 0 bridgehead atoms. The smallest absolute Gasteiger partial charge is 0.0962 e.